The Morgan fingerprint density at radius 3 is 2.68 bits per heavy atom. The molecule has 0 saturated carbocycles. The molecule has 0 fully saturated rings. The summed E-state index contributed by atoms with van der Waals surface area (Å²) < 4.78 is 6.98. The number of anilines is 1. The number of benzene rings is 2. The smallest absolute Gasteiger partial charge is 0.336 e. The first-order valence-corrected chi connectivity index (χ1v) is 8.67. The molecule has 2 N–H and O–H groups in total. The summed E-state index contributed by atoms with van der Waals surface area (Å²) in [5.74, 6) is 0.672. The van der Waals surface area contributed by atoms with Gasteiger partial charge in [0, 0.05) is 15.7 Å². The van der Waals surface area contributed by atoms with Gasteiger partial charge in [-0.1, -0.05) is 28.1 Å². The molecule has 128 valence electrons. The number of hydrogen-bond acceptors (Lipinski definition) is 3. The summed E-state index contributed by atoms with van der Waals surface area (Å²) in [4.78, 5) is 11.2. The summed E-state index contributed by atoms with van der Waals surface area (Å²) in [5.41, 5.74) is 3.98. The molecule has 0 unspecified atom stereocenters. The van der Waals surface area contributed by atoms with Crippen molar-refractivity contribution in [3.63, 3.8) is 0 Å². The second kappa shape index (κ2) is 7.15. The second-order valence-electron chi connectivity index (χ2n) is 5.87. The van der Waals surface area contributed by atoms with E-state index in [9.17, 15) is 9.90 Å². The summed E-state index contributed by atoms with van der Waals surface area (Å²) in [6.07, 6.45) is 0. The first-order chi connectivity index (χ1) is 12.0. The van der Waals surface area contributed by atoms with E-state index in [-0.39, 0.29) is 0 Å². The molecule has 3 rings (SSSR count). The van der Waals surface area contributed by atoms with Gasteiger partial charge in [-0.3, -0.25) is 0 Å². The maximum atomic E-state index is 11.2. The minimum absolute atomic E-state index is 0.301. The van der Waals surface area contributed by atoms with Gasteiger partial charge in [-0.15, -0.1) is 0 Å². The number of aromatic carboxylic acids is 1. The zero-order chi connectivity index (χ0) is 18.0. The number of nitrogens with one attached hydrogen (secondary N) is 1. The summed E-state index contributed by atoms with van der Waals surface area (Å²) >= 11 is 3.50. The van der Waals surface area contributed by atoms with Crippen LogP contribution in [0.2, 0.25) is 0 Å². The highest BCUT2D eigenvalue weighted by Gasteiger charge is 2.11. The summed E-state index contributed by atoms with van der Waals surface area (Å²) in [6.45, 7) is 4.32. The number of halogens is 1. The number of hydrogen-bond donors (Lipinski definition) is 2. The third kappa shape index (κ3) is 3.77. The normalized spacial score (nSPS) is 10.7. The third-order valence-electron chi connectivity index (χ3n) is 4.12. The summed E-state index contributed by atoms with van der Waals surface area (Å²) in [5, 5.41) is 12.4. The average molecular weight is 400 g/mol. The van der Waals surface area contributed by atoms with Gasteiger partial charge in [-0.25, -0.2) is 4.79 Å². The molecule has 2 aromatic carbocycles. The van der Waals surface area contributed by atoms with E-state index in [0.717, 1.165) is 32.8 Å². The van der Waals surface area contributed by atoms with Gasteiger partial charge in [0.25, 0.3) is 0 Å². The van der Waals surface area contributed by atoms with Crippen LogP contribution in [0.25, 0.3) is 11.3 Å². The summed E-state index contributed by atoms with van der Waals surface area (Å²) in [7, 11) is 0. The first-order valence-electron chi connectivity index (χ1n) is 7.87. The highest BCUT2D eigenvalue weighted by atomic mass is 79.9. The van der Waals surface area contributed by atoms with Crippen LogP contribution in [0.1, 0.15) is 27.2 Å². The number of rotatable bonds is 5. The highest BCUT2D eigenvalue weighted by molar-refractivity contribution is 9.10. The van der Waals surface area contributed by atoms with Crippen LogP contribution in [-0.2, 0) is 6.54 Å². The van der Waals surface area contributed by atoms with E-state index < -0.39 is 5.97 Å². The molecule has 0 spiro atoms. The lowest BCUT2D eigenvalue weighted by Gasteiger charge is -2.10. The Balaban J connectivity index is 1.75. The van der Waals surface area contributed by atoms with Crippen molar-refractivity contribution in [2.24, 2.45) is 0 Å². The van der Waals surface area contributed by atoms with Crippen molar-refractivity contribution in [1.82, 2.24) is 0 Å². The number of carbonyl (C=O) groups is 1. The zero-order valence-corrected chi connectivity index (χ0v) is 15.6. The van der Waals surface area contributed by atoms with Crippen molar-refractivity contribution < 1.29 is 14.3 Å². The minimum Gasteiger partial charge on any atom is -0.478 e. The van der Waals surface area contributed by atoms with Crippen molar-refractivity contribution in [2.75, 3.05) is 5.32 Å². The molecule has 0 bridgehead atoms. The number of aryl methyl sites for hydroxylation is 1. The molecule has 1 heterocycles. The fraction of sp³-hybridized carbons (Fsp3) is 0.150. The van der Waals surface area contributed by atoms with Crippen LogP contribution in [0.15, 0.2) is 57.4 Å². The SMILES string of the molecule is Cc1cc(-c2ccc(CNc3cccc(C(=O)O)c3C)o2)ccc1Br. The maximum Gasteiger partial charge on any atom is 0.336 e. The Morgan fingerprint density at radius 1 is 1.16 bits per heavy atom. The van der Waals surface area contributed by atoms with Gasteiger partial charge in [-0.2, -0.15) is 0 Å². The average Bonchev–Trinajstić information content (AvgIpc) is 3.05. The third-order valence-corrected chi connectivity index (χ3v) is 5.01. The lowest BCUT2D eigenvalue weighted by molar-refractivity contribution is 0.0696. The number of furan rings is 1. The molecule has 0 aliphatic heterocycles. The summed E-state index contributed by atoms with van der Waals surface area (Å²) in [6, 6.07) is 15.2. The van der Waals surface area contributed by atoms with Gasteiger partial charge in [0.15, 0.2) is 0 Å². The van der Waals surface area contributed by atoms with Crippen LogP contribution in [0.3, 0.4) is 0 Å². The Morgan fingerprint density at radius 2 is 1.96 bits per heavy atom. The van der Waals surface area contributed by atoms with E-state index in [2.05, 4.69) is 27.3 Å². The molecule has 5 heteroatoms. The van der Waals surface area contributed by atoms with Gasteiger partial charge in [0.05, 0.1) is 12.1 Å². The zero-order valence-electron chi connectivity index (χ0n) is 14.0. The molecular weight excluding hydrogens is 382 g/mol. The monoisotopic (exact) mass is 399 g/mol. The molecule has 0 aliphatic carbocycles. The minimum atomic E-state index is -0.924. The Kier molecular flexibility index (Phi) is 4.95. The largest absolute Gasteiger partial charge is 0.478 e. The number of carboxylic acid groups (broad SMARTS) is 1. The molecule has 25 heavy (non-hydrogen) atoms. The van der Waals surface area contributed by atoms with E-state index in [0.29, 0.717) is 17.7 Å². The van der Waals surface area contributed by atoms with E-state index in [1.54, 1.807) is 19.1 Å². The van der Waals surface area contributed by atoms with Gasteiger partial charge >= 0.3 is 5.97 Å². The maximum absolute atomic E-state index is 11.2. The molecule has 0 saturated heterocycles. The van der Waals surface area contributed by atoms with Crippen LogP contribution in [0.4, 0.5) is 5.69 Å². The standard InChI is InChI=1S/C20H18BrNO3/c1-12-10-14(6-8-17(12)21)19-9-7-15(25-19)11-22-18-5-3-4-16(13(18)2)20(23)24/h3-10,22H,11H2,1-2H3,(H,23,24). The Hall–Kier alpha value is -2.53. The van der Waals surface area contributed by atoms with Crippen LogP contribution < -0.4 is 5.32 Å². The van der Waals surface area contributed by atoms with Crippen molar-refractivity contribution in [3.8, 4) is 11.3 Å². The predicted molar refractivity (Wildman–Crippen MR) is 102 cm³/mol. The molecule has 0 radical (unpaired) electrons. The molecule has 1 aromatic heterocycles. The van der Waals surface area contributed by atoms with E-state index in [4.69, 9.17) is 4.42 Å². The molecule has 0 atom stereocenters. The van der Waals surface area contributed by atoms with Crippen LogP contribution in [0.5, 0.6) is 0 Å². The molecule has 4 nitrogen and oxygen atoms in total. The van der Waals surface area contributed by atoms with Crippen LogP contribution in [-0.4, -0.2) is 11.1 Å². The van der Waals surface area contributed by atoms with Gasteiger partial charge in [0.1, 0.15) is 11.5 Å². The van der Waals surface area contributed by atoms with Crippen molar-refractivity contribution in [3.05, 3.63) is 75.5 Å². The Labute approximate surface area is 154 Å². The molecule has 3 aromatic rings. The fourth-order valence-corrected chi connectivity index (χ4v) is 2.91. The predicted octanol–water partition coefficient (Wildman–Crippen LogP) is 5.64. The van der Waals surface area contributed by atoms with Crippen molar-refractivity contribution in [1.29, 1.82) is 0 Å². The fourth-order valence-electron chi connectivity index (χ4n) is 2.67. The lowest BCUT2D eigenvalue weighted by Crippen LogP contribution is -2.05. The Bertz CT molecular complexity index is 930. The molecule has 0 aliphatic rings. The lowest BCUT2D eigenvalue weighted by atomic mass is 10.1. The number of carboxylic acids is 1. The topological polar surface area (TPSA) is 62.5 Å². The van der Waals surface area contributed by atoms with Crippen LogP contribution in [0, 0.1) is 13.8 Å². The van der Waals surface area contributed by atoms with Crippen molar-refractivity contribution in [2.45, 2.75) is 20.4 Å². The van der Waals surface area contributed by atoms with E-state index in [1.807, 2.05) is 37.3 Å². The van der Waals surface area contributed by atoms with E-state index in [1.165, 1.54) is 0 Å². The highest BCUT2D eigenvalue weighted by Crippen LogP contribution is 2.27. The van der Waals surface area contributed by atoms with Crippen LogP contribution >= 0.6 is 15.9 Å². The van der Waals surface area contributed by atoms with E-state index >= 15 is 0 Å². The molecule has 0 amide bonds. The van der Waals surface area contributed by atoms with Gasteiger partial charge < -0.3 is 14.8 Å². The second-order valence-corrected chi connectivity index (χ2v) is 6.72. The first kappa shape index (κ1) is 17.3. The molecular formula is C20H18BrNO3. The van der Waals surface area contributed by atoms with Crippen molar-refractivity contribution >= 4 is 27.6 Å². The van der Waals surface area contributed by atoms with Gasteiger partial charge in [-0.05, 0) is 61.4 Å². The quantitative estimate of drug-likeness (QED) is 0.582. The van der Waals surface area contributed by atoms with Gasteiger partial charge in [0.2, 0.25) is 0 Å².